The lowest BCUT2D eigenvalue weighted by atomic mass is 10.3. The van der Waals surface area contributed by atoms with Gasteiger partial charge in [-0.1, -0.05) is 0 Å². The van der Waals surface area contributed by atoms with Crippen LogP contribution in [-0.2, 0) is 11.8 Å². The molecule has 0 aliphatic carbocycles. The Hall–Kier alpha value is -1.63. The SMILES string of the molecule is Cn1ncc([N+](=O)[O-])c1N1CCCOCC1. The van der Waals surface area contributed by atoms with Crippen molar-refractivity contribution in [2.24, 2.45) is 7.05 Å². The highest BCUT2D eigenvalue weighted by atomic mass is 16.6. The van der Waals surface area contributed by atoms with Crippen molar-refractivity contribution in [2.45, 2.75) is 6.42 Å². The average Bonchev–Trinajstić information content (AvgIpc) is 2.50. The molecule has 1 saturated heterocycles. The van der Waals surface area contributed by atoms with Gasteiger partial charge < -0.3 is 9.64 Å². The van der Waals surface area contributed by atoms with Crippen molar-refractivity contribution in [1.29, 1.82) is 0 Å². The van der Waals surface area contributed by atoms with Crippen LogP contribution in [0.5, 0.6) is 0 Å². The first-order valence-electron chi connectivity index (χ1n) is 5.19. The van der Waals surface area contributed by atoms with Crippen LogP contribution in [0.25, 0.3) is 0 Å². The van der Waals surface area contributed by atoms with Crippen LogP contribution in [0.3, 0.4) is 0 Å². The first-order chi connectivity index (χ1) is 7.70. The lowest BCUT2D eigenvalue weighted by molar-refractivity contribution is -0.384. The van der Waals surface area contributed by atoms with Gasteiger partial charge in [0.2, 0.25) is 5.82 Å². The summed E-state index contributed by atoms with van der Waals surface area (Å²) in [5.74, 6) is 0.565. The minimum atomic E-state index is -0.395. The third-order valence-electron chi connectivity index (χ3n) is 2.61. The predicted octanol–water partition coefficient (Wildman–Crippen LogP) is 0.555. The number of nitrogens with zero attached hydrogens (tertiary/aromatic N) is 4. The summed E-state index contributed by atoms with van der Waals surface area (Å²) < 4.78 is 6.87. The second-order valence-electron chi connectivity index (χ2n) is 3.69. The second-order valence-corrected chi connectivity index (χ2v) is 3.69. The molecule has 0 radical (unpaired) electrons. The van der Waals surface area contributed by atoms with Crippen LogP contribution in [0.1, 0.15) is 6.42 Å². The molecule has 0 bridgehead atoms. The van der Waals surface area contributed by atoms with Crippen molar-refractivity contribution in [3.05, 3.63) is 16.3 Å². The van der Waals surface area contributed by atoms with Crippen molar-refractivity contribution < 1.29 is 9.66 Å². The van der Waals surface area contributed by atoms with Gasteiger partial charge in [-0.2, -0.15) is 5.10 Å². The van der Waals surface area contributed by atoms with Crippen LogP contribution >= 0.6 is 0 Å². The van der Waals surface area contributed by atoms with Crippen molar-refractivity contribution in [3.63, 3.8) is 0 Å². The molecule has 0 amide bonds. The van der Waals surface area contributed by atoms with Crippen molar-refractivity contribution >= 4 is 11.5 Å². The molecule has 0 saturated carbocycles. The minimum absolute atomic E-state index is 0.0596. The quantitative estimate of drug-likeness (QED) is 0.544. The van der Waals surface area contributed by atoms with Crippen LogP contribution in [-0.4, -0.2) is 41.0 Å². The topological polar surface area (TPSA) is 73.4 Å². The zero-order valence-electron chi connectivity index (χ0n) is 9.13. The maximum Gasteiger partial charge on any atom is 0.331 e. The maximum atomic E-state index is 10.9. The number of hydrogen-bond acceptors (Lipinski definition) is 5. The summed E-state index contributed by atoms with van der Waals surface area (Å²) in [6.45, 7) is 2.74. The van der Waals surface area contributed by atoms with Crippen LogP contribution < -0.4 is 4.90 Å². The van der Waals surface area contributed by atoms with E-state index in [1.54, 1.807) is 11.7 Å². The third-order valence-corrected chi connectivity index (χ3v) is 2.61. The molecule has 16 heavy (non-hydrogen) atoms. The Kier molecular flexibility index (Phi) is 3.04. The molecule has 1 fully saturated rings. The maximum absolute atomic E-state index is 10.9. The van der Waals surface area contributed by atoms with E-state index in [9.17, 15) is 10.1 Å². The first-order valence-corrected chi connectivity index (χ1v) is 5.19. The van der Waals surface area contributed by atoms with Gasteiger partial charge in [0.05, 0.1) is 11.5 Å². The summed E-state index contributed by atoms with van der Waals surface area (Å²) in [6, 6.07) is 0. The van der Waals surface area contributed by atoms with Crippen molar-refractivity contribution in [3.8, 4) is 0 Å². The number of ether oxygens (including phenoxy) is 1. The zero-order valence-corrected chi connectivity index (χ0v) is 9.13. The van der Waals surface area contributed by atoms with E-state index in [2.05, 4.69) is 5.10 Å². The number of aryl methyl sites for hydroxylation is 1. The molecular formula is C9H14N4O3. The lowest BCUT2D eigenvalue weighted by Crippen LogP contribution is -2.28. The lowest BCUT2D eigenvalue weighted by Gasteiger charge is -2.20. The second kappa shape index (κ2) is 4.48. The smallest absolute Gasteiger partial charge is 0.331 e. The molecule has 88 valence electrons. The normalized spacial score (nSPS) is 17.2. The summed E-state index contributed by atoms with van der Waals surface area (Å²) in [7, 11) is 1.72. The Balaban J connectivity index is 2.29. The van der Waals surface area contributed by atoms with Crippen molar-refractivity contribution in [2.75, 3.05) is 31.2 Å². The molecule has 1 aromatic rings. The van der Waals surface area contributed by atoms with Gasteiger partial charge in [-0.25, -0.2) is 4.68 Å². The van der Waals surface area contributed by atoms with Crippen LogP contribution in [0.15, 0.2) is 6.20 Å². The van der Waals surface area contributed by atoms with E-state index < -0.39 is 4.92 Å². The van der Waals surface area contributed by atoms with Crippen LogP contribution in [0, 0.1) is 10.1 Å². The molecule has 1 aliphatic heterocycles. The fourth-order valence-electron chi connectivity index (χ4n) is 1.87. The van der Waals surface area contributed by atoms with Crippen LogP contribution in [0.4, 0.5) is 11.5 Å². The summed E-state index contributed by atoms with van der Waals surface area (Å²) in [4.78, 5) is 12.4. The summed E-state index contributed by atoms with van der Waals surface area (Å²) in [5, 5.41) is 14.8. The van der Waals surface area contributed by atoms with Crippen molar-refractivity contribution in [1.82, 2.24) is 9.78 Å². The van der Waals surface area contributed by atoms with E-state index in [4.69, 9.17) is 4.74 Å². The molecular weight excluding hydrogens is 212 g/mol. The molecule has 2 rings (SSSR count). The fraction of sp³-hybridized carbons (Fsp3) is 0.667. The van der Waals surface area contributed by atoms with Gasteiger partial charge in [0.25, 0.3) is 0 Å². The molecule has 0 aromatic carbocycles. The van der Waals surface area contributed by atoms with Gasteiger partial charge in [-0.05, 0) is 6.42 Å². The number of hydrogen-bond donors (Lipinski definition) is 0. The Morgan fingerprint density at radius 2 is 2.31 bits per heavy atom. The molecule has 2 heterocycles. The Bertz CT molecular complexity index is 382. The standard InChI is InChI=1S/C9H14N4O3/c1-11-9(8(7-10-11)13(14)15)12-3-2-5-16-6-4-12/h7H,2-6H2,1H3. The minimum Gasteiger partial charge on any atom is -0.380 e. The monoisotopic (exact) mass is 226 g/mol. The van der Waals surface area contributed by atoms with E-state index in [1.165, 1.54) is 6.20 Å². The molecule has 7 nitrogen and oxygen atoms in total. The predicted molar refractivity (Wildman–Crippen MR) is 57.5 cm³/mol. The van der Waals surface area contributed by atoms with Gasteiger partial charge in [-0.15, -0.1) is 0 Å². The molecule has 7 heteroatoms. The van der Waals surface area contributed by atoms with Gasteiger partial charge in [0.15, 0.2) is 0 Å². The highest BCUT2D eigenvalue weighted by Gasteiger charge is 2.25. The molecule has 1 aliphatic rings. The van der Waals surface area contributed by atoms with Gasteiger partial charge in [0.1, 0.15) is 6.20 Å². The fourth-order valence-corrected chi connectivity index (χ4v) is 1.87. The number of rotatable bonds is 2. The Morgan fingerprint density at radius 3 is 3.06 bits per heavy atom. The molecule has 0 atom stereocenters. The molecule has 0 unspecified atom stereocenters. The zero-order chi connectivity index (χ0) is 11.5. The average molecular weight is 226 g/mol. The van der Waals surface area contributed by atoms with Gasteiger partial charge in [0, 0.05) is 26.7 Å². The third kappa shape index (κ3) is 1.99. The number of aromatic nitrogens is 2. The highest BCUT2D eigenvalue weighted by Crippen LogP contribution is 2.27. The molecule has 0 N–H and O–H groups in total. The Morgan fingerprint density at radius 1 is 1.50 bits per heavy atom. The highest BCUT2D eigenvalue weighted by molar-refractivity contribution is 5.57. The largest absolute Gasteiger partial charge is 0.380 e. The summed E-state index contributed by atoms with van der Waals surface area (Å²) >= 11 is 0. The van der Waals surface area contributed by atoms with E-state index in [1.807, 2.05) is 4.90 Å². The first kappa shape index (κ1) is 10.9. The molecule has 0 spiro atoms. The Labute approximate surface area is 92.7 Å². The summed E-state index contributed by atoms with van der Waals surface area (Å²) in [5.41, 5.74) is 0.0596. The van der Waals surface area contributed by atoms with E-state index >= 15 is 0 Å². The van der Waals surface area contributed by atoms with Gasteiger partial charge >= 0.3 is 5.69 Å². The molecule has 1 aromatic heterocycles. The van der Waals surface area contributed by atoms with E-state index in [0.29, 0.717) is 25.6 Å². The van der Waals surface area contributed by atoms with E-state index in [0.717, 1.165) is 13.0 Å². The summed E-state index contributed by atoms with van der Waals surface area (Å²) in [6.07, 6.45) is 2.17. The van der Waals surface area contributed by atoms with Gasteiger partial charge in [-0.3, -0.25) is 10.1 Å². The van der Waals surface area contributed by atoms with Crippen LogP contribution in [0.2, 0.25) is 0 Å². The number of anilines is 1. The van der Waals surface area contributed by atoms with E-state index in [-0.39, 0.29) is 5.69 Å². The number of nitro groups is 1.